The van der Waals surface area contributed by atoms with Gasteiger partial charge in [-0.05, 0) is 47.2 Å². The number of rotatable bonds is 4. The Morgan fingerprint density at radius 3 is 1.95 bits per heavy atom. The van der Waals surface area contributed by atoms with Gasteiger partial charge in [-0.15, -0.1) is 22.7 Å². The molecular formula is C16H12N2S2. The predicted octanol–water partition coefficient (Wildman–Crippen LogP) is 4.88. The maximum atomic E-state index is 8.84. The van der Waals surface area contributed by atoms with Crippen molar-refractivity contribution in [2.45, 2.75) is 6.04 Å². The Morgan fingerprint density at radius 2 is 1.50 bits per heavy atom. The number of nitrogens with zero attached hydrogens (tertiary/aromatic N) is 1. The Hall–Kier alpha value is -2.09. The summed E-state index contributed by atoms with van der Waals surface area (Å²) in [5.41, 5.74) is 1.70. The number of benzene rings is 1. The van der Waals surface area contributed by atoms with Crippen LogP contribution in [-0.2, 0) is 0 Å². The average molecular weight is 296 g/mol. The quantitative estimate of drug-likeness (QED) is 0.744. The van der Waals surface area contributed by atoms with Crippen molar-refractivity contribution in [2.75, 3.05) is 5.32 Å². The summed E-state index contributed by atoms with van der Waals surface area (Å²) in [7, 11) is 0. The Balaban J connectivity index is 1.89. The van der Waals surface area contributed by atoms with E-state index in [1.165, 1.54) is 9.75 Å². The highest BCUT2D eigenvalue weighted by atomic mass is 32.1. The first-order valence-electron chi connectivity index (χ1n) is 6.20. The first-order chi connectivity index (χ1) is 9.86. The van der Waals surface area contributed by atoms with E-state index < -0.39 is 0 Å². The van der Waals surface area contributed by atoms with E-state index in [2.05, 4.69) is 46.4 Å². The second kappa shape index (κ2) is 5.91. The Kier molecular flexibility index (Phi) is 3.82. The van der Waals surface area contributed by atoms with Crippen molar-refractivity contribution in [3.8, 4) is 6.07 Å². The first-order valence-corrected chi connectivity index (χ1v) is 7.96. The minimum absolute atomic E-state index is 0.169. The Labute approximate surface area is 125 Å². The van der Waals surface area contributed by atoms with Crippen molar-refractivity contribution in [2.24, 2.45) is 0 Å². The van der Waals surface area contributed by atoms with Crippen LogP contribution in [0.25, 0.3) is 0 Å². The number of hydrogen-bond acceptors (Lipinski definition) is 4. The van der Waals surface area contributed by atoms with Crippen molar-refractivity contribution < 1.29 is 0 Å². The minimum atomic E-state index is 0.169. The standard InChI is InChI=1S/C16H12N2S2/c17-11-12-5-7-13(8-6-12)18-16(14-3-1-9-19-14)15-4-2-10-20-15/h1-10,16,18H. The molecule has 3 aromatic rings. The summed E-state index contributed by atoms with van der Waals surface area (Å²) in [5.74, 6) is 0. The lowest BCUT2D eigenvalue weighted by Crippen LogP contribution is -2.09. The zero-order valence-corrected chi connectivity index (χ0v) is 12.2. The van der Waals surface area contributed by atoms with Crippen molar-refractivity contribution in [1.29, 1.82) is 5.26 Å². The summed E-state index contributed by atoms with van der Waals surface area (Å²) in [5, 5.41) is 16.6. The highest BCUT2D eigenvalue weighted by Crippen LogP contribution is 2.32. The molecule has 20 heavy (non-hydrogen) atoms. The number of thiophene rings is 2. The molecule has 2 nitrogen and oxygen atoms in total. The minimum Gasteiger partial charge on any atom is -0.373 e. The van der Waals surface area contributed by atoms with Gasteiger partial charge in [-0.1, -0.05) is 12.1 Å². The lowest BCUT2D eigenvalue weighted by Gasteiger charge is -2.17. The van der Waals surface area contributed by atoms with Crippen molar-refractivity contribution in [1.82, 2.24) is 0 Å². The second-order valence-corrected chi connectivity index (χ2v) is 6.26. The molecule has 0 fully saturated rings. The molecule has 0 spiro atoms. The van der Waals surface area contributed by atoms with Crippen LogP contribution in [0.4, 0.5) is 5.69 Å². The van der Waals surface area contributed by atoms with Gasteiger partial charge in [0.05, 0.1) is 17.7 Å². The molecule has 0 atom stereocenters. The predicted molar refractivity (Wildman–Crippen MR) is 85.3 cm³/mol. The van der Waals surface area contributed by atoms with E-state index in [9.17, 15) is 0 Å². The maximum Gasteiger partial charge on any atom is 0.0991 e. The summed E-state index contributed by atoms with van der Waals surface area (Å²) in [6.07, 6.45) is 0. The maximum absolute atomic E-state index is 8.84. The van der Waals surface area contributed by atoms with Gasteiger partial charge in [0.25, 0.3) is 0 Å². The monoisotopic (exact) mass is 296 g/mol. The van der Waals surface area contributed by atoms with Gasteiger partial charge in [-0.2, -0.15) is 5.26 Å². The highest BCUT2D eigenvalue weighted by molar-refractivity contribution is 7.11. The van der Waals surface area contributed by atoms with Crippen LogP contribution in [-0.4, -0.2) is 0 Å². The zero-order valence-electron chi connectivity index (χ0n) is 10.6. The Morgan fingerprint density at radius 1 is 0.900 bits per heavy atom. The molecular weight excluding hydrogens is 284 g/mol. The third kappa shape index (κ3) is 2.74. The fourth-order valence-corrected chi connectivity index (χ4v) is 3.66. The molecule has 0 aliphatic heterocycles. The molecule has 2 heterocycles. The van der Waals surface area contributed by atoms with Crippen LogP contribution in [0.15, 0.2) is 59.3 Å². The van der Waals surface area contributed by atoms with Crippen molar-refractivity contribution in [3.05, 3.63) is 74.6 Å². The average Bonchev–Trinajstić information content (AvgIpc) is 3.19. The van der Waals surface area contributed by atoms with Crippen LogP contribution < -0.4 is 5.32 Å². The number of anilines is 1. The van der Waals surface area contributed by atoms with Crippen LogP contribution >= 0.6 is 22.7 Å². The fourth-order valence-electron chi connectivity index (χ4n) is 2.00. The molecule has 1 N–H and O–H groups in total. The van der Waals surface area contributed by atoms with Gasteiger partial charge in [-0.3, -0.25) is 0 Å². The zero-order chi connectivity index (χ0) is 13.8. The molecule has 0 unspecified atom stereocenters. The molecule has 98 valence electrons. The lowest BCUT2D eigenvalue weighted by atomic mass is 10.1. The topological polar surface area (TPSA) is 35.8 Å². The van der Waals surface area contributed by atoms with E-state index >= 15 is 0 Å². The Bertz CT molecular complexity index is 658. The third-order valence-electron chi connectivity index (χ3n) is 2.98. The molecule has 0 amide bonds. The van der Waals surface area contributed by atoms with Gasteiger partial charge in [0.1, 0.15) is 0 Å². The first kappa shape index (κ1) is 12.9. The van der Waals surface area contributed by atoms with Gasteiger partial charge in [0, 0.05) is 15.4 Å². The lowest BCUT2D eigenvalue weighted by molar-refractivity contribution is 0.993. The van der Waals surface area contributed by atoms with E-state index in [0.717, 1.165) is 5.69 Å². The summed E-state index contributed by atoms with van der Waals surface area (Å²) in [6.45, 7) is 0. The van der Waals surface area contributed by atoms with Crippen LogP contribution in [0.5, 0.6) is 0 Å². The molecule has 2 aromatic heterocycles. The largest absolute Gasteiger partial charge is 0.373 e. The molecule has 0 radical (unpaired) electrons. The third-order valence-corrected chi connectivity index (χ3v) is 4.85. The summed E-state index contributed by atoms with van der Waals surface area (Å²) in [6, 6.07) is 18.3. The summed E-state index contributed by atoms with van der Waals surface area (Å²) in [4.78, 5) is 2.58. The van der Waals surface area contributed by atoms with Crippen molar-refractivity contribution >= 4 is 28.4 Å². The number of nitriles is 1. The van der Waals surface area contributed by atoms with Crippen LogP contribution in [0, 0.1) is 11.3 Å². The van der Waals surface area contributed by atoms with Gasteiger partial charge in [-0.25, -0.2) is 0 Å². The molecule has 0 saturated heterocycles. The number of hydrogen-bond donors (Lipinski definition) is 1. The van der Waals surface area contributed by atoms with Gasteiger partial charge in [0.15, 0.2) is 0 Å². The van der Waals surface area contributed by atoms with E-state index in [1.54, 1.807) is 22.7 Å². The van der Waals surface area contributed by atoms with Crippen LogP contribution in [0.2, 0.25) is 0 Å². The van der Waals surface area contributed by atoms with Gasteiger partial charge >= 0.3 is 0 Å². The van der Waals surface area contributed by atoms with Crippen molar-refractivity contribution in [3.63, 3.8) is 0 Å². The smallest absolute Gasteiger partial charge is 0.0991 e. The van der Waals surface area contributed by atoms with E-state index in [-0.39, 0.29) is 6.04 Å². The summed E-state index contributed by atoms with van der Waals surface area (Å²) < 4.78 is 0. The summed E-state index contributed by atoms with van der Waals surface area (Å²) >= 11 is 3.50. The normalized spacial score (nSPS) is 10.4. The molecule has 3 rings (SSSR count). The van der Waals surface area contributed by atoms with E-state index in [1.807, 2.05) is 24.3 Å². The fraction of sp³-hybridized carbons (Fsp3) is 0.0625. The van der Waals surface area contributed by atoms with Crippen LogP contribution in [0.3, 0.4) is 0 Å². The molecule has 1 aromatic carbocycles. The molecule has 0 bridgehead atoms. The van der Waals surface area contributed by atoms with Crippen LogP contribution in [0.1, 0.15) is 21.4 Å². The van der Waals surface area contributed by atoms with Gasteiger partial charge < -0.3 is 5.32 Å². The second-order valence-electron chi connectivity index (χ2n) is 4.30. The van der Waals surface area contributed by atoms with E-state index in [4.69, 9.17) is 5.26 Å². The molecule has 0 saturated carbocycles. The molecule has 4 heteroatoms. The van der Waals surface area contributed by atoms with E-state index in [0.29, 0.717) is 5.56 Å². The number of nitrogens with one attached hydrogen (secondary N) is 1. The molecule has 0 aliphatic carbocycles. The molecule has 0 aliphatic rings. The van der Waals surface area contributed by atoms with Gasteiger partial charge in [0.2, 0.25) is 0 Å². The highest BCUT2D eigenvalue weighted by Gasteiger charge is 2.15. The SMILES string of the molecule is N#Cc1ccc(NC(c2cccs2)c2cccs2)cc1.